The van der Waals surface area contributed by atoms with Crippen molar-refractivity contribution in [1.82, 2.24) is 83.3 Å². The number of carbonyl (C=O) groups is 4. The van der Waals surface area contributed by atoms with Crippen molar-refractivity contribution in [2.75, 3.05) is 230 Å². The molecular formula is C111H168N24O8. The molecule has 0 unspecified atom stereocenters. The molecule has 4 aromatic carbocycles. The number of piperazine rings is 2. The van der Waals surface area contributed by atoms with E-state index in [9.17, 15) is 19.2 Å². The monoisotopic (exact) mass is 1970 g/mol. The number of rotatable bonds is 55. The number of nitrogens with two attached hydrogens (primary N) is 4. The Bertz CT molecular complexity index is 6020. The number of ether oxygens (including phenoxy) is 4. The highest BCUT2D eigenvalue weighted by Crippen LogP contribution is 2.38. The summed E-state index contributed by atoms with van der Waals surface area (Å²) < 4.78 is 29.2. The molecule has 12 aromatic rings. The van der Waals surface area contributed by atoms with Crippen LogP contribution in [0.2, 0.25) is 0 Å². The van der Waals surface area contributed by atoms with E-state index >= 15 is 0 Å². The third-order valence-electron chi connectivity index (χ3n) is 27.9. The number of aryl methyl sites for hydroxylation is 7. The van der Waals surface area contributed by atoms with E-state index in [2.05, 4.69) is 204 Å². The third-order valence-corrected chi connectivity index (χ3v) is 27.9. The van der Waals surface area contributed by atoms with Crippen LogP contribution < -0.4 is 37.6 Å². The highest BCUT2D eigenvalue weighted by atomic mass is 16.5. The number of anilines is 7. The molecule has 8 aromatic heterocycles. The van der Waals surface area contributed by atoms with E-state index in [0.717, 1.165) is 357 Å². The summed E-state index contributed by atoms with van der Waals surface area (Å²) in [5, 5.41) is 10.3. The Morgan fingerprint density at radius 3 is 1.35 bits per heavy atom. The summed E-state index contributed by atoms with van der Waals surface area (Å²) in [5.74, 6) is 6.83. The Balaban J connectivity index is 0.000000171. The fourth-order valence-electron chi connectivity index (χ4n) is 19.1. The van der Waals surface area contributed by atoms with Gasteiger partial charge in [-0.25, -0.2) is 34.9 Å². The lowest BCUT2D eigenvalue weighted by Crippen LogP contribution is -2.47. The molecule has 11 heterocycles. The molecule has 0 atom stereocenters. The second-order valence-electron chi connectivity index (χ2n) is 40.1. The van der Waals surface area contributed by atoms with E-state index in [1.807, 2.05) is 10.7 Å². The Labute approximate surface area is 848 Å². The number of aromatic nitrogens is 12. The molecule has 780 valence electrons. The predicted molar refractivity (Wildman–Crippen MR) is 587 cm³/mol. The van der Waals surface area contributed by atoms with Gasteiger partial charge in [-0.15, -0.1) is 0 Å². The number of unbranched alkanes of at least 4 members (excludes halogenated alkanes) is 8. The zero-order valence-electron chi connectivity index (χ0n) is 88.6. The Kier molecular flexibility index (Phi) is 44.5. The van der Waals surface area contributed by atoms with E-state index in [4.69, 9.17) is 66.8 Å². The van der Waals surface area contributed by atoms with Gasteiger partial charge in [-0.05, 0) is 225 Å². The van der Waals surface area contributed by atoms with E-state index in [1.54, 1.807) is 27.7 Å². The molecule has 15 rings (SSSR count). The number of nitrogen functional groups attached to an aromatic ring is 4. The Morgan fingerprint density at radius 2 is 0.846 bits per heavy atom. The number of imidazole rings is 3. The van der Waals surface area contributed by atoms with Crippen LogP contribution >= 0.6 is 0 Å². The van der Waals surface area contributed by atoms with Crippen LogP contribution in [0.15, 0.2) is 79.0 Å². The highest BCUT2D eigenvalue weighted by molar-refractivity contribution is 6.11. The minimum absolute atomic E-state index is 0.177. The lowest BCUT2D eigenvalue weighted by Gasteiger charge is -2.36. The van der Waals surface area contributed by atoms with Crippen LogP contribution in [0.3, 0.4) is 0 Å². The summed E-state index contributed by atoms with van der Waals surface area (Å²) in [6.07, 6.45) is 27.3. The molecule has 32 nitrogen and oxygen atoms in total. The van der Waals surface area contributed by atoms with Gasteiger partial charge in [0.25, 0.3) is 0 Å². The van der Waals surface area contributed by atoms with E-state index < -0.39 is 0 Å². The second-order valence-corrected chi connectivity index (χ2v) is 40.1. The average molecular weight is 1970 g/mol. The van der Waals surface area contributed by atoms with Crippen molar-refractivity contribution >= 4 is 151 Å². The van der Waals surface area contributed by atoms with Gasteiger partial charge in [0.2, 0.25) is 0 Å². The number of fused-ring (bicyclic) bond motifs is 12. The highest BCUT2D eigenvalue weighted by Gasteiger charge is 2.27. The van der Waals surface area contributed by atoms with Crippen LogP contribution in [0.5, 0.6) is 0 Å². The molecule has 0 aliphatic carbocycles. The summed E-state index contributed by atoms with van der Waals surface area (Å²) >= 11 is 0. The van der Waals surface area contributed by atoms with Crippen LogP contribution in [0.4, 0.5) is 40.3 Å². The van der Waals surface area contributed by atoms with Crippen LogP contribution in [-0.4, -0.2) is 299 Å². The van der Waals surface area contributed by atoms with Gasteiger partial charge in [0, 0.05) is 206 Å². The number of hydrogen-bond donors (Lipinski definition) is 5. The summed E-state index contributed by atoms with van der Waals surface area (Å²) in [6, 6.07) is 26.0. The molecule has 3 fully saturated rings. The number of nitrogens with one attached hydrogen (secondary N) is 1. The van der Waals surface area contributed by atoms with Crippen molar-refractivity contribution in [3.05, 3.63) is 102 Å². The minimum Gasteiger partial charge on any atom is -0.382 e. The standard InChI is InChI=1S/C31H48N6O2.C30H47N7O2.C26H39N5O2.C24H34N6O2/c1-5-6-9-28-34-29-30(37(28)16-8-7-15-35(4)19-21-39-20-14-24(3)38)26-22-25(10-11-27(26)33-31(29)32)36-17-12-23(2)13-18-36;1-5-6-9-27-33-28-29(37(27)14-8-7-13-34(3)4)25-22-24(10-11-26(25)32-30(28)31)36-17-15-35(16-18-36)19-21-39-20-12-23(2)38;1-4-5-13-22-29-24-23-20(11-9-12-21(23)28-26(27)25(24)30-22)10-7-6-8-15-31(3)16-18-33-17-14-19(2)32;1-3-4-8-30-17-21-20-6-5-19(16-22(20)26-24(25)23(21)27-30)29-11-9-28(10-12-29)13-15-32-14-7-18(2)31/h10-11,22-23H,5-9,12-21H2,1-4H3,(H2,32,33);10-11,22H,5-9,12-21H2,1-4H3,(H2,31,32);9,11-12H,4-8,10,13-18H2,1-3H3,(H2,27,28)(H,29,30);5-6,16-17H,3-4,7-15H2,1-2H3,(H2,25,26). The SMILES string of the molecule is CCCCc1nc2c(N)nc3ccc(N4CCC(C)CC4)cc3c2n1CCCCN(C)CCOCCC(C)=O.CCCCc1nc2c(N)nc3ccc(N4CCN(CCOCCC(C)=O)CC4)cc3c2n1CCCCN(C)C.CCCCc1nc2c([nH]1)c(N)nc1cccc(CCCCCN(C)CCOCCC(C)=O)c12.CCCCn1cc2c(n1)c(N)nc1cc(N3CCN(CCOCCC(C)=O)CC3)ccc12. The van der Waals surface area contributed by atoms with Crippen molar-refractivity contribution in [3.63, 3.8) is 0 Å². The molecule has 3 saturated heterocycles. The molecule has 3 aliphatic heterocycles. The molecule has 3 aliphatic rings. The van der Waals surface area contributed by atoms with Crippen molar-refractivity contribution in [1.29, 1.82) is 0 Å². The first-order valence-corrected chi connectivity index (χ1v) is 53.6. The molecule has 143 heavy (non-hydrogen) atoms. The number of pyridine rings is 4. The zero-order chi connectivity index (χ0) is 102. The maximum atomic E-state index is 11.1. The maximum Gasteiger partial charge on any atom is 0.152 e. The average Bonchev–Trinajstić information content (AvgIpc) is 1.61. The smallest absolute Gasteiger partial charge is 0.152 e. The molecule has 0 saturated carbocycles. The number of aromatic amines is 1. The molecular weight excluding hydrogens is 1800 g/mol. The topological polar surface area (TPSA) is 369 Å². The predicted octanol–water partition coefficient (Wildman–Crippen LogP) is 17.2. The van der Waals surface area contributed by atoms with Crippen LogP contribution in [0, 0.1) is 5.92 Å². The van der Waals surface area contributed by atoms with Crippen molar-refractivity contribution in [2.45, 2.75) is 242 Å². The number of benzene rings is 4. The normalized spacial score (nSPS) is 14.1. The van der Waals surface area contributed by atoms with Gasteiger partial charge in [-0.3, -0.25) is 33.7 Å². The van der Waals surface area contributed by atoms with Gasteiger partial charge in [-0.1, -0.05) is 84.9 Å². The molecule has 0 spiro atoms. The molecule has 32 heteroatoms. The van der Waals surface area contributed by atoms with Gasteiger partial charge < -0.3 is 85.4 Å². The van der Waals surface area contributed by atoms with Gasteiger partial charge in [0.1, 0.15) is 74.0 Å². The van der Waals surface area contributed by atoms with Crippen molar-refractivity contribution in [2.24, 2.45) is 5.92 Å². The largest absolute Gasteiger partial charge is 0.382 e. The van der Waals surface area contributed by atoms with Gasteiger partial charge >= 0.3 is 0 Å². The fraction of sp³-hybridized carbons (Fsp3) is 0.604. The van der Waals surface area contributed by atoms with Crippen LogP contribution in [0.25, 0.3) is 87.6 Å². The number of piperidine rings is 1. The zero-order valence-corrected chi connectivity index (χ0v) is 88.6. The van der Waals surface area contributed by atoms with E-state index in [-0.39, 0.29) is 23.1 Å². The summed E-state index contributed by atoms with van der Waals surface area (Å²) in [4.78, 5) is 100. The number of hydrogen-bond acceptors (Lipinski definition) is 28. The van der Waals surface area contributed by atoms with Crippen molar-refractivity contribution in [3.8, 4) is 0 Å². The number of nitrogens with zero attached hydrogens (tertiary/aromatic N) is 19. The first-order chi connectivity index (χ1) is 69.3. The summed E-state index contributed by atoms with van der Waals surface area (Å²) in [6.45, 7) is 41.9. The Hall–Kier alpha value is -10.7. The number of H-pyrrole nitrogens is 1. The molecule has 0 amide bonds. The first-order valence-electron chi connectivity index (χ1n) is 53.6. The third kappa shape index (κ3) is 32.9. The second kappa shape index (κ2) is 57.3. The van der Waals surface area contributed by atoms with E-state index in [0.29, 0.717) is 102 Å². The Morgan fingerprint density at radius 1 is 0.392 bits per heavy atom. The lowest BCUT2D eigenvalue weighted by molar-refractivity contribution is -0.119. The number of likely N-dealkylation sites (N-methyl/N-ethyl adjacent to an activating group) is 2. The first kappa shape index (κ1) is 111. The molecule has 0 bridgehead atoms. The summed E-state index contributed by atoms with van der Waals surface area (Å²) in [5.41, 5.74) is 40.7. The lowest BCUT2D eigenvalue weighted by atomic mass is 9.98. The molecule has 9 N–H and O–H groups in total. The van der Waals surface area contributed by atoms with Crippen LogP contribution in [-0.2, 0) is 83.4 Å². The van der Waals surface area contributed by atoms with E-state index in [1.165, 1.54) is 41.9 Å². The summed E-state index contributed by atoms with van der Waals surface area (Å²) in [7, 11) is 8.52. The molecule has 0 radical (unpaired) electrons. The number of ketones is 4. The fourth-order valence-corrected chi connectivity index (χ4v) is 19.1. The maximum absolute atomic E-state index is 11.1. The van der Waals surface area contributed by atoms with Crippen LogP contribution in [0.1, 0.15) is 220 Å². The number of Topliss-reactive ketones (excluding diaryl/α,β-unsaturated/α-hetero) is 4. The minimum atomic E-state index is 0.177. The van der Waals surface area contributed by atoms with Gasteiger partial charge in [0.05, 0.1) is 86.0 Å². The quantitative estimate of drug-likeness (QED) is 0.0221. The van der Waals surface area contributed by atoms with Gasteiger partial charge in [0.15, 0.2) is 17.5 Å². The van der Waals surface area contributed by atoms with Gasteiger partial charge in [-0.2, -0.15) is 5.10 Å². The number of carbonyl (C=O) groups excluding carboxylic acids is 4. The van der Waals surface area contributed by atoms with Crippen molar-refractivity contribution < 1.29 is 38.1 Å².